The van der Waals surface area contributed by atoms with Crippen LogP contribution in [-0.4, -0.2) is 71.0 Å². The number of hydrogen-bond donors (Lipinski definition) is 4. The van der Waals surface area contributed by atoms with Gasteiger partial charge in [-0.2, -0.15) is 8.78 Å². The summed E-state index contributed by atoms with van der Waals surface area (Å²) in [6.07, 6.45) is 6.17. The third-order valence-electron chi connectivity index (χ3n) is 6.76. The second kappa shape index (κ2) is 12.7. The number of sulfonamides is 1. The molecule has 1 aliphatic rings. The van der Waals surface area contributed by atoms with Gasteiger partial charge in [-0.25, -0.2) is 22.5 Å². The Morgan fingerprint density at radius 2 is 1.85 bits per heavy atom. The molecule has 13 heteroatoms. The number of piperidine rings is 1. The molecule has 3 heterocycles. The summed E-state index contributed by atoms with van der Waals surface area (Å²) >= 11 is 0. The Bertz CT molecular complexity index is 1460. The third-order valence-corrected chi connectivity index (χ3v) is 8.65. The molecule has 0 saturated carbocycles. The number of carboxylic acid groups (broad SMARTS) is 1. The second-order valence-corrected chi connectivity index (χ2v) is 11.9. The largest absolute Gasteiger partial charge is 0.477 e. The van der Waals surface area contributed by atoms with Gasteiger partial charge in [-0.05, 0) is 73.1 Å². The fourth-order valence-corrected chi connectivity index (χ4v) is 5.67. The van der Waals surface area contributed by atoms with Gasteiger partial charge in [0.05, 0.1) is 16.8 Å². The Morgan fingerprint density at radius 1 is 1.20 bits per heavy atom. The van der Waals surface area contributed by atoms with Crippen LogP contribution in [0.5, 0.6) is 0 Å². The van der Waals surface area contributed by atoms with Crippen molar-refractivity contribution in [2.45, 2.75) is 51.9 Å². The zero-order valence-electron chi connectivity index (χ0n) is 22.7. The number of carbonyl (C=O) groups excluding carboxylic acids is 1. The lowest BCUT2D eigenvalue weighted by Gasteiger charge is -2.31. The Morgan fingerprint density at radius 3 is 2.40 bits per heavy atom. The van der Waals surface area contributed by atoms with Gasteiger partial charge in [-0.3, -0.25) is 4.79 Å². The summed E-state index contributed by atoms with van der Waals surface area (Å²) in [5.74, 6) is -5.05. The Balaban J connectivity index is 0.000000559. The minimum atomic E-state index is -3.58. The molecule has 0 bridgehead atoms. The molecule has 40 heavy (non-hydrogen) atoms. The number of hydrogen-bond acceptors (Lipinski definition) is 6. The van der Waals surface area contributed by atoms with Gasteiger partial charge < -0.3 is 21.1 Å². The number of rotatable bonds is 9. The highest BCUT2D eigenvalue weighted by Crippen LogP contribution is 2.37. The van der Waals surface area contributed by atoms with Crippen molar-refractivity contribution in [3.8, 4) is 11.1 Å². The maximum Gasteiger partial charge on any atom is 0.374 e. The van der Waals surface area contributed by atoms with Crippen LogP contribution in [0.2, 0.25) is 0 Å². The number of H-pyrrole nitrogens is 1. The molecule has 218 valence electrons. The van der Waals surface area contributed by atoms with E-state index in [-0.39, 0.29) is 11.7 Å². The van der Waals surface area contributed by atoms with E-state index in [1.165, 1.54) is 0 Å². The van der Waals surface area contributed by atoms with Gasteiger partial charge in [0, 0.05) is 44.3 Å². The highest BCUT2D eigenvalue weighted by molar-refractivity contribution is 7.89. The van der Waals surface area contributed by atoms with E-state index in [0.29, 0.717) is 25.6 Å². The van der Waals surface area contributed by atoms with Crippen molar-refractivity contribution in [1.82, 2.24) is 14.3 Å². The molecule has 5 N–H and O–H groups in total. The van der Waals surface area contributed by atoms with Crippen LogP contribution < -0.4 is 11.1 Å². The number of carbonyl (C=O) groups is 2. The van der Waals surface area contributed by atoms with E-state index in [4.69, 9.17) is 10.8 Å². The number of anilines is 1. The number of amides is 1. The summed E-state index contributed by atoms with van der Waals surface area (Å²) in [4.78, 5) is 29.2. The first-order valence-electron chi connectivity index (χ1n) is 13.0. The van der Waals surface area contributed by atoms with Gasteiger partial charge in [-0.15, -0.1) is 0 Å². The highest BCUT2D eigenvalue weighted by Gasteiger charge is 2.31. The van der Waals surface area contributed by atoms with E-state index < -0.39 is 27.8 Å². The lowest BCUT2D eigenvalue weighted by Crippen LogP contribution is -2.38. The van der Waals surface area contributed by atoms with Gasteiger partial charge in [0.15, 0.2) is 0 Å². The predicted molar refractivity (Wildman–Crippen MR) is 150 cm³/mol. The molecule has 1 saturated heterocycles. The van der Waals surface area contributed by atoms with Crippen molar-refractivity contribution in [2.75, 3.05) is 30.7 Å². The molecule has 2 aromatic heterocycles. The van der Waals surface area contributed by atoms with Gasteiger partial charge in [0.2, 0.25) is 10.0 Å². The molecule has 0 unspecified atom stereocenters. The van der Waals surface area contributed by atoms with Gasteiger partial charge >= 0.3 is 11.9 Å². The molecule has 0 spiro atoms. The van der Waals surface area contributed by atoms with Crippen LogP contribution in [-0.2, 0) is 14.8 Å². The van der Waals surface area contributed by atoms with Crippen LogP contribution in [0.25, 0.3) is 22.0 Å². The molecule has 1 aliphatic heterocycles. The fraction of sp³-hybridized carbons (Fsp3) is 0.444. The van der Waals surface area contributed by atoms with E-state index in [1.807, 2.05) is 24.4 Å². The normalized spacial score (nSPS) is 14.9. The monoisotopic (exact) mass is 579 g/mol. The summed E-state index contributed by atoms with van der Waals surface area (Å²) < 4.78 is 48.5. The zero-order chi connectivity index (χ0) is 29.7. The summed E-state index contributed by atoms with van der Waals surface area (Å²) in [5.41, 5.74) is 9.84. The van der Waals surface area contributed by atoms with Crippen LogP contribution in [0.4, 0.5) is 14.6 Å². The Labute approximate surface area is 232 Å². The van der Waals surface area contributed by atoms with Crippen LogP contribution >= 0.6 is 0 Å². The summed E-state index contributed by atoms with van der Waals surface area (Å²) in [5, 5.41) is 11.8. The molecule has 3 aromatic rings. The molecule has 1 fully saturated rings. The smallest absolute Gasteiger partial charge is 0.374 e. The summed E-state index contributed by atoms with van der Waals surface area (Å²) in [7, 11) is -3.18. The first-order valence-corrected chi connectivity index (χ1v) is 14.6. The number of pyridine rings is 1. The third kappa shape index (κ3) is 7.33. The number of nitrogens with one attached hydrogen (secondary N) is 2. The molecule has 0 aliphatic carbocycles. The van der Waals surface area contributed by atoms with Crippen LogP contribution in [0.15, 0.2) is 36.7 Å². The Hall–Kier alpha value is -3.58. The molecular weight excluding hydrogens is 544 g/mol. The minimum absolute atomic E-state index is 0.122. The predicted octanol–water partition coefficient (Wildman–Crippen LogP) is 4.41. The maximum absolute atomic E-state index is 12.3. The topological polar surface area (TPSA) is 158 Å². The second-order valence-electron chi connectivity index (χ2n) is 9.68. The van der Waals surface area contributed by atoms with Crippen molar-refractivity contribution in [3.05, 3.63) is 47.8 Å². The van der Waals surface area contributed by atoms with Crippen LogP contribution in [0.3, 0.4) is 0 Å². The Kier molecular flexibility index (Phi) is 9.85. The van der Waals surface area contributed by atoms with Crippen LogP contribution in [0.1, 0.15) is 61.9 Å². The highest BCUT2D eigenvalue weighted by atomic mass is 32.2. The number of aromatic nitrogens is 2. The number of primary amides is 1. The fourth-order valence-electron chi connectivity index (χ4n) is 4.54. The first-order chi connectivity index (χ1) is 18.8. The number of carboxylic acids is 1. The van der Waals surface area contributed by atoms with E-state index in [0.717, 1.165) is 59.2 Å². The van der Waals surface area contributed by atoms with Crippen molar-refractivity contribution in [3.63, 3.8) is 0 Å². The molecule has 10 nitrogen and oxygen atoms in total. The standard InChI is InChI=1S/C24H31N5O3S.C3H4F2O2/c1-3-8-26-22-14-17(5-9-27-22)18-12-19-21(15-28-23(19)20(13-18)24(25)30)16-6-10-29(11-7-16)33(31,32)4-2;1-3(4,5)2(6)7/h5,9,12-16,28H,3-4,6-8,10-11H2,1-2H3,(H2,25,30)(H,26,27);1H3,(H,6,7). The van der Waals surface area contributed by atoms with Gasteiger partial charge in [-0.1, -0.05) is 6.92 Å². The molecule has 4 rings (SSSR count). The van der Waals surface area contributed by atoms with E-state index >= 15 is 0 Å². The number of alkyl halides is 2. The first kappa shape index (κ1) is 31.0. The number of nitrogens with zero attached hydrogens (tertiary/aromatic N) is 2. The molecule has 1 amide bonds. The van der Waals surface area contributed by atoms with E-state index in [1.54, 1.807) is 17.4 Å². The molecule has 0 radical (unpaired) electrons. The average molecular weight is 580 g/mol. The average Bonchev–Trinajstić information content (AvgIpc) is 3.35. The quantitative estimate of drug-likeness (QED) is 0.292. The number of aliphatic carboxylic acids is 1. The molecule has 0 atom stereocenters. The van der Waals surface area contributed by atoms with Crippen LogP contribution in [0, 0.1) is 0 Å². The van der Waals surface area contributed by atoms with Crippen molar-refractivity contribution >= 4 is 38.6 Å². The SMILES string of the molecule is CC(F)(F)C(=O)O.CCCNc1cc(-c2cc(C(N)=O)c3[nH]cc(C4CCN(S(=O)(=O)CC)CC4)c3c2)ccn1. The van der Waals surface area contributed by atoms with Gasteiger partial charge in [0.25, 0.3) is 5.91 Å². The zero-order valence-corrected chi connectivity index (χ0v) is 23.5. The number of nitrogens with two attached hydrogens (primary N) is 1. The maximum atomic E-state index is 12.3. The van der Waals surface area contributed by atoms with Crippen molar-refractivity contribution < 1.29 is 31.9 Å². The number of aromatic amines is 1. The van der Waals surface area contributed by atoms with E-state index in [2.05, 4.69) is 28.3 Å². The minimum Gasteiger partial charge on any atom is -0.477 e. The van der Waals surface area contributed by atoms with Gasteiger partial charge in [0.1, 0.15) is 5.82 Å². The number of benzene rings is 1. The molecular formula is C27H35F2N5O5S. The van der Waals surface area contributed by atoms with E-state index in [9.17, 15) is 26.8 Å². The summed E-state index contributed by atoms with van der Waals surface area (Å²) in [6, 6.07) is 7.80. The number of halogens is 2. The number of fused-ring (bicyclic) bond motifs is 1. The molecule has 1 aromatic carbocycles. The summed E-state index contributed by atoms with van der Waals surface area (Å²) in [6.45, 7) is 5.95. The van der Waals surface area contributed by atoms with Crippen molar-refractivity contribution in [1.29, 1.82) is 0 Å². The lowest BCUT2D eigenvalue weighted by atomic mass is 9.88. The lowest BCUT2D eigenvalue weighted by molar-refractivity contribution is -0.161. The van der Waals surface area contributed by atoms with Crippen molar-refractivity contribution in [2.24, 2.45) is 5.73 Å².